The quantitative estimate of drug-likeness (QED) is 0.837. The normalized spacial score (nSPS) is 10.1. The molecule has 1 heterocycles. The summed E-state index contributed by atoms with van der Waals surface area (Å²) in [6.45, 7) is 4.08. The molecule has 0 atom stereocenters. The molecule has 0 aromatic carbocycles. The predicted octanol–water partition coefficient (Wildman–Crippen LogP) is 1.98. The number of carboxylic acids is 1. The first-order valence-electron chi connectivity index (χ1n) is 5.12. The number of nitrogens with zero attached hydrogens (tertiary/aromatic N) is 1. The zero-order valence-corrected chi connectivity index (χ0v) is 9.64. The van der Waals surface area contributed by atoms with Crippen LogP contribution in [0.25, 0.3) is 0 Å². The van der Waals surface area contributed by atoms with Crippen molar-refractivity contribution in [3.05, 3.63) is 24.0 Å². The van der Waals surface area contributed by atoms with E-state index in [0.717, 1.165) is 0 Å². The number of rotatable bonds is 4. The van der Waals surface area contributed by atoms with Gasteiger partial charge >= 0.3 is 12.1 Å². The number of nitrogens with one attached hydrogen (secondary N) is 1. The molecule has 0 saturated carbocycles. The summed E-state index contributed by atoms with van der Waals surface area (Å²) < 4.78 is 4.87. The average Bonchev–Trinajstić information content (AvgIpc) is 2.27. The van der Waals surface area contributed by atoms with Gasteiger partial charge in [0.2, 0.25) is 0 Å². The number of ether oxygens (including phenoxy) is 1. The van der Waals surface area contributed by atoms with E-state index in [1.54, 1.807) is 0 Å². The number of amides is 1. The Hall–Kier alpha value is -2.11. The maximum atomic E-state index is 11.3. The third kappa shape index (κ3) is 4.10. The number of hydrogen-bond acceptors (Lipinski definition) is 4. The smallest absolute Gasteiger partial charge is 0.411 e. The van der Waals surface area contributed by atoms with Crippen molar-refractivity contribution in [2.24, 2.45) is 5.92 Å². The number of carbonyl (C=O) groups excluding carboxylic acids is 1. The van der Waals surface area contributed by atoms with E-state index in [1.807, 2.05) is 13.8 Å². The lowest BCUT2D eigenvalue weighted by atomic mass is 10.2. The largest absolute Gasteiger partial charge is 0.476 e. The lowest BCUT2D eigenvalue weighted by molar-refractivity contribution is 0.0691. The summed E-state index contributed by atoms with van der Waals surface area (Å²) in [6, 6.07) is 2.98. The van der Waals surface area contributed by atoms with Crippen molar-refractivity contribution in [1.82, 2.24) is 4.98 Å². The molecule has 92 valence electrons. The van der Waals surface area contributed by atoms with Gasteiger partial charge < -0.3 is 9.84 Å². The van der Waals surface area contributed by atoms with Gasteiger partial charge in [-0.05, 0) is 18.1 Å². The molecule has 1 rings (SSSR count). The van der Waals surface area contributed by atoms with Gasteiger partial charge in [-0.3, -0.25) is 5.32 Å². The predicted molar refractivity (Wildman–Crippen MR) is 61.0 cm³/mol. The van der Waals surface area contributed by atoms with E-state index in [4.69, 9.17) is 9.84 Å². The van der Waals surface area contributed by atoms with Crippen molar-refractivity contribution in [2.75, 3.05) is 11.9 Å². The molecule has 17 heavy (non-hydrogen) atoms. The maximum absolute atomic E-state index is 11.3. The Morgan fingerprint density at radius 2 is 2.24 bits per heavy atom. The van der Waals surface area contributed by atoms with Gasteiger partial charge in [-0.1, -0.05) is 13.8 Å². The Morgan fingerprint density at radius 3 is 2.82 bits per heavy atom. The molecular weight excluding hydrogens is 224 g/mol. The molecule has 0 aliphatic heterocycles. The van der Waals surface area contributed by atoms with Crippen molar-refractivity contribution in [3.63, 3.8) is 0 Å². The van der Waals surface area contributed by atoms with Crippen LogP contribution in [-0.2, 0) is 4.74 Å². The number of carboxylic acid groups (broad SMARTS) is 1. The molecule has 1 aromatic heterocycles. The first kappa shape index (κ1) is 13.0. The molecule has 6 nitrogen and oxygen atoms in total. The van der Waals surface area contributed by atoms with E-state index in [1.165, 1.54) is 18.3 Å². The standard InChI is InChI=1S/C11H14N2O4/c1-7(2)6-17-11(16)13-8-4-3-5-12-9(8)10(14)15/h3-5,7H,6H2,1-2H3,(H,13,16)(H,14,15). The summed E-state index contributed by atoms with van der Waals surface area (Å²) in [6.07, 6.45) is 0.655. The summed E-state index contributed by atoms with van der Waals surface area (Å²) in [5, 5.41) is 11.2. The van der Waals surface area contributed by atoms with E-state index in [2.05, 4.69) is 10.3 Å². The van der Waals surface area contributed by atoms with Crippen LogP contribution < -0.4 is 5.32 Å². The highest BCUT2D eigenvalue weighted by atomic mass is 16.5. The molecule has 6 heteroatoms. The number of hydrogen-bond donors (Lipinski definition) is 2. The van der Waals surface area contributed by atoms with Gasteiger partial charge in [0, 0.05) is 6.20 Å². The van der Waals surface area contributed by atoms with Crippen molar-refractivity contribution >= 4 is 17.7 Å². The monoisotopic (exact) mass is 238 g/mol. The molecule has 0 unspecified atom stereocenters. The summed E-state index contributed by atoms with van der Waals surface area (Å²) in [5.41, 5.74) is -0.0947. The van der Waals surface area contributed by atoms with Gasteiger partial charge in [-0.2, -0.15) is 0 Å². The van der Waals surface area contributed by atoms with Crippen molar-refractivity contribution in [3.8, 4) is 0 Å². The molecule has 1 amide bonds. The van der Waals surface area contributed by atoms with E-state index in [0.29, 0.717) is 0 Å². The molecule has 0 radical (unpaired) electrons. The van der Waals surface area contributed by atoms with Crippen LogP contribution in [0.2, 0.25) is 0 Å². The number of carbonyl (C=O) groups is 2. The van der Waals surface area contributed by atoms with Crippen molar-refractivity contribution in [1.29, 1.82) is 0 Å². The fourth-order valence-electron chi connectivity index (χ4n) is 1.06. The van der Waals surface area contributed by atoms with Crippen LogP contribution in [0.3, 0.4) is 0 Å². The molecular formula is C11H14N2O4. The van der Waals surface area contributed by atoms with E-state index in [-0.39, 0.29) is 23.9 Å². The average molecular weight is 238 g/mol. The zero-order chi connectivity index (χ0) is 12.8. The second-order valence-corrected chi connectivity index (χ2v) is 3.82. The van der Waals surface area contributed by atoms with Gasteiger partial charge in [0.1, 0.15) is 0 Å². The van der Waals surface area contributed by atoms with Crippen LogP contribution in [0.4, 0.5) is 10.5 Å². The third-order valence-electron chi connectivity index (χ3n) is 1.79. The van der Waals surface area contributed by atoms with Gasteiger partial charge in [0.05, 0.1) is 12.3 Å². The minimum atomic E-state index is -1.20. The first-order valence-corrected chi connectivity index (χ1v) is 5.12. The molecule has 0 spiro atoms. The SMILES string of the molecule is CC(C)COC(=O)Nc1cccnc1C(=O)O. The maximum Gasteiger partial charge on any atom is 0.411 e. The Morgan fingerprint density at radius 1 is 1.53 bits per heavy atom. The van der Waals surface area contributed by atoms with Gasteiger partial charge in [0.25, 0.3) is 0 Å². The number of aromatic nitrogens is 1. The molecule has 2 N–H and O–H groups in total. The van der Waals surface area contributed by atoms with Crippen LogP contribution >= 0.6 is 0 Å². The Kier molecular flexibility index (Phi) is 4.45. The van der Waals surface area contributed by atoms with Crippen LogP contribution in [0.5, 0.6) is 0 Å². The number of anilines is 1. The number of aromatic carboxylic acids is 1. The van der Waals surface area contributed by atoms with Crippen molar-refractivity contribution in [2.45, 2.75) is 13.8 Å². The van der Waals surface area contributed by atoms with Gasteiger partial charge in [-0.25, -0.2) is 14.6 Å². The second kappa shape index (κ2) is 5.83. The van der Waals surface area contributed by atoms with Crippen LogP contribution in [0.15, 0.2) is 18.3 Å². The van der Waals surface area contributed by atoms with Gasteiger partial charge in [-0.15, -0.1) is 0 Å². The van der Waals surface area contributed by atoms with Crippen molar-refractivity contribution < 1.29 is 19.4 Å². The highest BCUT2D eigenvalue weighted by Gasteiger charge is 2.13. The first-order chi connectivity index (χ1) is 8.00. The third-order valence-corrected chi connectivity index (χ3v) is 1.79. The fraction of sp³-hybridized carbons (Fsp3) is 0.364. The highest BCUT2D eigenvalue weighted by molar-refractivity contribution is 5.96. The van der Waals surface area contributed by atoms with Crippen LogP contribution in [0.1, 0.15) is 24.3 Å². The van der Waals surface area contributed by atoms with E-state index >= 15 is 0 Å². The van der Waals surface area contributed by atoms with Crippen LogP contribution in [-0.4, -0.2) is 28.8 Å². The molecule has 0 aliphatic rings. The molecule has 0 saturated heterocycles. The van der Waals surface area contributed by atoms with E-state index in [9.17, 15) is 9.59 Å². The Labute approximate surface area is 98.6 Å². The van der Waals surface area contributed by atoms with Crippen LogP contribution in [0, 0.1) is 5.92 Å². The lowest BCUT2D eigenvalue weighted by Crippen LogP contribution is -2.18. The highest BCUT2D eigenvalue weighted by Crippen LogP contribution is 2.12. The Bertz CT molecular complexity index is 418. The zero-order valence-electron chi connectivity index (χ0n) is 9.64. The summed E-state index contributed by atoms with van der Waals surface area (Å²) >= 11 is 0. The van der Waals surface area contributed by atoms with E-state index < -0.39 is 12.1 Å². The lowest BCUT2D eigenvalue weighted by Gasteiger charge is -2.09. The summed E-state index contributed by atoms with van der Waals surface area (Å²) in [7, 11) is 0. The minimum Gasteiger partial charge on any atom is -0.476 e. The summed E-state index contributed by atoms with van der Waals surface area (Å²) in [5.74, 6) is -0.988. The Balaban J connectivity index is 2.68. The minimum absolute atomic E-state index is 0.119. The van der Waals surface area contributed by atoms with Gasteiger partial charge in [0.15, 0.2) is 5.69 Å². The number of pyridine rings is 1. The summed E-state index contributed by atoms with van der Waals surface area (Å²) in [4.78, 5) is 25.8. The molecule has 0 bridgehead atoms. The molecule has 0 fully saturated rings. The topological polar surface area (TPSA) is 88.5 Å². The second-order valence-electron chi connectivity index (χ2n) is 3.82. The fourth-order valence-corrected chi connectivity index (χ4v) is 1.06. The molecule has 0 aliphatic carbocycles. The molecule has 1 aromatic rings.